The minimum Gasteiger partial charge on any atom is -0.338 e. The van der Waals surface area contributed by atoms with Crippen molar-refractivity contribution < 1.29 is 9.05 Å². The summed E-state index contributed by atoms with van der Waals surface area (Å²) in [4.78, 5) is 10.5. The lowest BCUT2D eigenvalue weighted by Gasteiger charge is -2.19. The molecule has 7 heteroatoms. The van der Waals surface area contributed by atoms with E-state index >= 15 is 0 Å². The fraction of sp³-hybridized carbons (Fsp3) is 0.636. The van der Waals surface area contributed by atoms with E-state index in [-0.39, 0.29) is 6.04 Å². The molecule has 0 unspecified atom stereocenters. The van der Waals surface area contributed by atoms with Crippen molar-refractivity contribution in [2.75, 3.05) is 7.05 Å². The van der Waals surface area contributed by atoms with E-state index in [0.29, 0.717) is 24.2 Å². The summed E-state index contributed by atoms with van der Waals surface area (Å²) in [6.45, 7) is 6.33. The zero-order valence-electron chi connectivity index (χ0n) is 11.0. The summed E-state index contributed by atoms with van der Waals surface area (Å²) in [5, 5.41) is 7.64. The average Bonchev–Trinajstić information content (AvgIpc) is 2.97. The lowest BCUT2D eigenvalue weighted by atomic mass is 10.3. The molecule has 98 valence electrons. The summed E-state index contributed by atoms with van der Waals surface area (Å²) in [7, 11) is 1.94. The highest BCUT2D eigenvalue weighted by Crippen LogP contribution is 2.18. The second-order valence-electron chi connectivity index (χ2n) is 4.23. The Labute approximate surface area is 105 Å². The highest BCUT2D eigenvalue weighted by atomic mass is 16.5. The predicted octanol–water partition coefficient (Wildman–Crippen LogP) is 1.52. The van der Waals surface area contributed by atoms with Crippen LogP contribution in [0.2, 0.25) is 0 Å². The van der Waals surface area contributed by atoms with Crippen molar-refractivity contribution in [2.45, 2.75) is 39.8 Å². The largest absolute Gasteiger partial charge is 0.338 e. The van der Waals surface area contributed by atoms with E-state index < -0.39 is 0 Å². The zero-order chi connectivity index (χ0) is 13.1. The number of aryl methyl sites for hydroxylation is 2. The van der Waals surface area contributed by atoms with Crippen molar-refractivity contribution in [3.05, 3.63) is 23.4 Å². The average molecular weight is 251 g/mol. The molecule has 2 aromatic rings. The Kier molecular flexibility index (Phi) is 3.71. The molecule has 0 aliphatic carbocycles. The van der Waals surface area contributed by atoms with Gasteiger partial charge >= 0.3 is 0 Å². The van der Waals surface area contributed by atoms with Crippen LogP contribution in [0.4, 0.5) is 0 Å². The standard InChI is InChI=1S/C11H17N5O2/c1-5-9-13-10(17-15-9)6-16(4)7(2)11-12-8(3)14-18-11/h7H,5-6H2,1-4H3/t7-/m0/s1. The Morgan fingerprint density at radius 1 is 1.22 bits per heavy atom. The van der Waals surface area contributed by atoms with Gasteiger partial charge in [0.05, 0.1) is 12.6 Å². The Hall–Kier alpha value is -1.76. The third-order valence-corrected chi connectivity index (χ3v) is 2.77. The van der Waals surface area contributed by atoms with E-state index in [1.807, 2.05) is 25.8 Å². The summed E-state index contributed by atoms with van der Waals surface area (Å²) >= 11 is 0. The molecule has 2 aromatic heterocycles. The van der Waals surface area contributed by atoms with Gasteiger partial charge in [-0.2, -0.15) is 9.97 Å². The molecule has 0 radical (unpaired) electrons. The van der Waals surface area contributed by atoms with Crippen molar-refractivity contribution in [3.63, 3.8) is 0 Å². The van der Waals surface area contributed by atoms with E-state index in [4.69, 9.17) is 9.05 Å². The molecular weight excluding hydrogens is 234 g/mol. The second kappa shape index (κ2) is 5.26. The minimum absolute atomic E-state index is 0.00294. The van der Waals surface area contributed by atoms with Gasteiger partial charge in [0.1, 0.15) is 0 Å². The highest BCUT2D eigenvalue weighted by molar-refractivity contribution is 4.92. The Morgan fingerprint density at radius 3 is 2.56 bits per heavy atom. The SMILES string of the molecule is CCc1noc(CN(C)[C@@H](C)c2nc(C)no2)n1. The normalized spacial score (nSPS) is 13.2. The zero-order valence-corrected chi connectivity index (χ0v) is 11.0. The molecule has 2 rings (SSSR count). The smallest absolute Gasteiger partial charge is 0.243 e. The summed E-state index contributed by atoms with van der Waals surface area (Å²) in [6.07, 6.45) is 0.769. The van der Waals surface area contributed by atoms with Crippen LogP contribution in [0.25, 0.3) is 0 Å². The van der Waals surface area contributed by atoms with Crippen LogP contribution in [-0.4, -0.2) is 32.2 Å². The van der Waals surface area contributed by atoms with Crippen LogP contribution in [-0.2, 0) is 13.0 Å². The first-order valence-corrected chi connectivity index (χ1v) is 5.92. The summed E-state index contributed by atoms with van der Waals surface area (Å²) in [5.41, 5.74) is 0. The van der Waals surface area contributed by atoms with Crippen molar-refractivity contribution >= 4 is 0 Å². The van der Waals surface area contributed by atoms with E-state index in [1.54, 1.807) is 6.92 Å². The maximum Gasteiger partial charge on any atom is 0.243 e. The topological polar surface area (TPSA) is 81.1 Å². The van der Waals surface area contributed by atoms with Crippen molar-refractivity contribution in [3.8, 4) is 0 Å². The molecule has 0 aliphatic heterocycles. The maximum atomic E-state index is 5.15. The molecule has 0 N–H and O–H groups in total. The van der Waals surface area contributed by atoms with E-state index in [1.165, 1.54) is 0 Å². The summed E-state index contributed by atoms with van der Waals surface area (Å²) < 4.78 is 10.3. The van der Waals surface area contributed by atoms with Crippen molar-refractivity contribution in [1.82, 2.24) is 25.2 Å². The van der Waals surface area contributed by atoms with Crippen molar-refractivity contribution in [2.24, 2.45) is 0 Å². The van der Waals surface area contributed by atoms with Crippen molar-refractivity contribution in [1.29, 1.82) is 0 Å². The maximum absolute atomic E-state index is 5.15. The summed E-state index contributed by atoms with van der Waals surface area (Å²) in [6, 6.07) is 0.00294. The van der Waals surface area contributed by atoms with Gasteiger partial charge in [-0.25, -0.2) is 0 Å². The first kappa shape index (κ1) is 12.7. The number of hydrogen-bond donors (Lipinski definition) is 0. The van der Waals surface area contributed by atoms with Gasteiger partial charge in [0.25, 0.3) is 0 Å². The van der Waals surface area contributed by atoms with Crippen LogP contribution in [0, 0.1) is 6.92 Å². The molecule has 0 aromatic carbocycles. The highest BCUT2D eigenvalue weighted by Gasteiger charge is 2.20. The van der Waals surface area contributed by atoms with Gasteiger partial charge in [0, 0.05) is 6.42 Å². The quantitative estimate of drug-likeness (QED) is 0.796. The fourth-order valence-electron chi connectivity index (χ4n) is 1.52. The van der Waals surface area contributed by atoms with Crippen LogP contribution in [0.15, 0.2) is 9.05 Å². The van der Waals surface area contributed by atoms with E-state index in [0.717, 1.165) is 12.2 Å². The lowest BCUT2D eigenvalue weighted by Crippen LogP contribution is -2.22. The Morgan fingerprint density at radius 2 is 2.00 bits per heavy atom. The van der Waals surface area contributed by atoms with Gasteiger partial charge in [0.2, 0.25) is 11.8 Å². The van der Waals surface area contributed by atoms with Crippen LogP contribution >= 0.6 is 0 Å². The van der Waals surface area contributed by atoms with Crippen LogP contribution in [0.1, 0.15) is 43.3 Å². The molecule has 7 nitrogen and oxygen atoms in total. The van der Waals surface area contributed by atoms with Gasteiger partial charge in [-0.05, 0) is 20.9 Å². The first-order chi connectivity index (χ1) is 8.60. The lowest BCUT2D eigenvalue weighted by molar-refractivity contribution is 0.181. The number of rotatable bonds is 5. The molecule has 0 bridgehead atoms. The van der Waals surface area contributed by atoms with Gasteiger partial charge in [-0.1, -0.05) is 17.2 Å². The van der Waals surface area contributed by atoms with E-state index in [9.17, 15) is 0 Å². The van der Waals surface area contributed by atoms with Gasteiger partial charge < -0.3 is 9.05 Å². The van der Waals surface area contributed by atoms with Gasteiger partial charge in [-0.3, -0.25) is 4.90 Å². The van der Waals surface area contributed by atoms with Gasteiger partial charge in [0.15, 0.2) is 11.6 Å². The molecule has 0 fully saturated rings. The predicted molar refractivity (Wildman–Crippen MR) is 62.6 cm³/mol. The molecule has 0 saturated carbocycles. The first-order valence-electron chi connectivity index (χ1n) is 5.92. The molecule has 0 amide bonds. The molecule has 18 heavy (non-hydrogen) atoms. The molecule has 0 saturated heterocycles. The van der Waals surface area contributed by atoms with Crippen LogP contribution in [0.3, 0.4) is 0 Å². The van der Waals surface area contributed by atoms with E-state index in [2.05, 4.69) is 20.3 Å². The number of hydrogen-bond acceptors (Lipinski definition) is 7. The fourth-order valence-corrected chi connectivity index (χ4v) is 1.52. The Bertz CT molecular complexity index is 507. The molecule has 0 spiro atoms. The monoisotopic (exact) mass is 251 g/mol. The second-order valence-corrected chi connectivity index (χ2v) is 4.23. The summed E-state index contributed by atoms with van der Waals surface area (Å²) in [5.74, 6) is 2.54. The molecule has 1 atom stereocenters. The Balaban J connectivity index is 2.00. The number of nitrogens with zero attached hydrogens (tertiary/aromatic N) is 5. The van der Waals surface area contributed by atoms with Crippen LogP contribution in [0.5, 0.6) is 0 Å². The van der Waals surface area contributed by atoms with Crippen LogP contribution < -0.4 is 0 Å². The number of aromatic nitrogens is 4. The third-order valence-electron chi connectivity index (χ3n) is 2.77. The molecule has 0 aliphatic rings. The minimum atomic E-state index is 0.00294. The van der Waals surface area contributed by atoms with Gasteiger partial charge in [-0.15, -0.1) is 0 Å². The molecular formula is C11H17N5O2. The molecule has 2 heterocycles. The third kappa shape index (κ3) is 2.73.